The molecule has 0 spiro atoms. The van der Waals surface area contributed by atoms with Crippen LogP contribution in [0.3, 0.4) is 0 Å². The van der Waals surface area contributed by atoms with E-state index in [4.69, 9.17) is 4.74 Å². The molecular formula is C25H22N2O4S. The zero-order valence-electron chi connectivity index (χ0n) is 17.4. The average molecular weight is 447 g/mol. The van der Waals surface area contributed by atoms with Gasteiger partial charge in [0, 0.05) is 11.4 Å². The van der Waals surface area contributed by atoms with Gasteiger partial charge in [-0.3, -0.25) is 9.52 Å². The Labute approximate surface area is 186 Å². The van der Waals surface area contributed by atoms with E-state index in [2.05, 4.69) is 10.0 Å². The van der Waals surface area contributed by atoms with E-state index in [9.17, 15) is 13.2 Å². The highest BCUT2D eigenvalue weighted by Crippen LogP contribution is 2.22. The van der Waals surface area contributed by atoms with E-state index in [0.29, 0.717) is 17.1 Å². The van der Waals surface area contributed by atoms with Gasteiger partial charge in [-0.25, -0.2) is 8.42 Å². The minimum atomic E-state index is -3.82. The maximum absolute atomic E-state index is 12.8. The van der Waals surface area contributed by atoms with Crippen molar-refractivity contribution in [3.05, 3.63) is 96.6 Å². The van der Waals surface area contributed by atoms with Crippen molar-refractivity contribution in [2.24, 2.45) is 0 Å². The van der Waals surface area contributed by atoms with Crippen LogP contribution >= 0.6 is 0 Å². The number of sulfonamides is 1. The Morgan fingerprint density at radius 1 is 0.844 bits per heavy atom. The third-order valence-corrected chi connectivity index (χ3v) is 6.38. The lowest BCUT2D eigenvalue weighted by Crippen LogP contribution is -2.16. The monoisotopic (exact) mass is 446 g/mol. The third-order valence-electron chi connectivity index (χ3n) is 5.00. The van der Waals surface area contributed by atoms with Crippen molar-refractivity contribution < 1.29 is 17.9 Å². The largest absolute Gasteiger partial charge is 0.497 e. The van der Waals surface area contributed by atoms with Crippen LogP contribution in [0, 0.1) is 0 Å². The Balaban J connectivity index is 1.49. The SMILES string of the molecule is COc1ccc(NS(=O)(=O)c2cccc(NC(=O)Cc3cccc4ccccc34)c2)cc1. The molecule has 6 nitrogen and oxygen atoms in total. The first-order valence-corrected chi connectivity index (χ1v) is 11.5. The summed E-state index contributed by atoms with van der Waals surface area (Å²) in [6.45, 7) is 0. The van der Waals surface area contributed by atoms with Crippen LogP contribution in [0.4, 0.5) is 11.4 Å². The lowest BCUT2D eigenvalue weighted by molar-refractivity contribution is -0.115. The van der Waals surface area contributed by atoms with Crippen LogP contribution in [0.15, 0.2) is 95.9 Å². The summed E-state index contributed by atoms with van der Waals surface area (Å²) in [5.74, 6) is 0.405. The number of nitrogens with one attached hydrogen (secondary N) is 2. The Bertz CT molecular complexity index is 1360. The van der Waals surface area contributed by atoms with Crippen LogP contribution in [0.25, 0.3) is 10.8 Å². The molecule has 0 aromatic heterocycles. The molecule has 162 valence electrons. The highest BCUT2D eigenvalue weighted by molar-refractivity contribution is 7.92. The van der Waals surface area contributed by atoms with Crippen molar-refractivity contribution >= 4 is 38.1 Å². The quantitative estimate of drug-likeness (QED) is 0.426. The van der Waals surface area contributed by atoms with Crippen LogP contribution < -0.4 is 14.8 Å². The molecule has 2 N–H and O–H groups in total. The smallest absolute Gasteiger partial charge is 0.261 e. The Morgan fingerprint density at radius 3 is 2.34 bits per heavy atom. The van der Waals surface area contributed by atoms with E-state index >= 15 is 0 Å². The minimum Gasteiger partial charge on any atom is -0.497 e. The molecule has 0 aliphatic rings. The molecule has 4 aromatic rings. The van der Waals surface area contributed by atoms with E-state index in [0.717, 1.165) is 16.3 Å². The van der Waals surface area contributed by atoms with Crippen molar-refractivity contribution in [1.29, 1.82) is 0 Å². The second-order valence-electron chi connectivity index (χ2n) is 7.23. The molecule has 0 bridgehead atoms. The summed E-state index contributed by atoms with van der Waals surface area (Å²) in [5.41, 5.74) is 1.73. The molecule has 0 atom stereocenters. The summed E-state index contributed by atoms with van der Waals surface area (Å²) in [7, 11) is -2.28. The highest BCUT2D eigenvalue weighted by Gasteiger charge is 2.16. The topological polar surface area (TPSA) is 84.5 Å². The van der Waals surface area contributed by atoms with Gasteiger partial charge in [0.05, 0.1) is 18.4 Å². The van der Waals surface area contributed by atoms with Crippen LogP contribution in [0.2, 0.25) is 0 Å². The molecule has 32 heavy (non-hydrogen) atoms. The first-order chi connectivity index (χ1) is 15.4. The van der Waals surface area contributed by atoms with Crippen molar-refractivity contribution in [1.82, 2.24) is 0 Å². The number of fused-ring (bicyclic) bond motifs is 1. The molecule has 0 saturated heterocycles. The molecule has 0 unspecified atom stereocenters. The summed E-state index contributed by atoms with van der Waals surface area (Å²) >= 11 is 0. The lowest BCUT2D eigenvalue weighted by atomic mass is 10.0. The number of methoxy groups -OCH3 is 1. The third kappa shape index (κ3) is 4.90. The predicted molar refractivity (Wildman–Crippen MR) is 127 cm³/mol. The molecule has 4 aromatic carbocycles. The summed E-state index contributed by atoms with van der Waals surface area (Å²) in [6.07, 6.45) is 0.183. The maximum Gasteiger partial charge on any atom is 0.261 e. The van der Waals surface area contributed by atoms with Gasteiger partial charge in [0.15, 0.2) is 0 Å². The van der Waals surface area contributed by atoms with Gasteiger partial charge in [-0.05, 0) is 58.8 Å². The molecule has 0 saturated carbocycles. The number of ether oxygens (including phenoxy) is 1. The highest BCUT2D eigenvalue weighted by atomic mass is 32.2. The van der Waals surface area contributed by atoms with Gasteiger partial charge in [0.2, 0.25) is 5.91 Å². The number of amides is 1. The second-order valence-corrected chi connectivity index (χ2v) is 8.91. The molecule has 0 radical (unpaired) electrons. The predicted octanol–water partition coefficient (Wildman–Crippen LogP) is 4.83. The molecular weight excluding hydrogens is 424 g/mol. The number of carbonyl (C=O) groups excluding carboxylic acids is 1. The first-order valence-electron chi connectivity index (χ1n) is 9.98. The van der Waals surface area contributed by atoms with Crippen molar-refractivity contribution in [2.75, 3.05) is 17.1 Å². The standard InChI is InChI=1S/C25H22N2O4S/c1-31-22-14-12-20(13-15-22)27-32(29,30)23-10-5-9-21(17-23)26-25(28)16-19-8-4-7-18-6-2-3-11-24(18)19/h2-15,17,27H,16H2,1H3,(H,26,28). The number of hydrogen-bond acceptors (Lipinski definition) is 4. The molecule has 1 amide bonds. The van der Waals surface area contributed by atoms with Crippen LogP contribution in [-0.2, 0) is 21.2 Å². The molecule has 0 aliphatic heterocycles. The normalized spacial score (nSPS) is 11.2. The van der Waals surface area contributed by atoms with Crippen LogP contribution in [-0.4, -0.2) is 21.4 Å². The Kier molecular flexibility index (Phi) is 6.09. The van der Waals surface area contributed by atoms with E-state index in [1.54, 1.807) is 43.5 Å². The summed E-state index contributed by atoms with van der Waals surface area (Å²) in [4.78, 5) is 12.7. The zero-order chi connectivity index (χ0) is 22.6. The van der Waals surface area contributed by atoms with Crippen molar-refractivity contribution in [3.8, 4) is 5.75 Å². The second kappa shape index (κ2) is 9.11. The Hall–Kier alpha value is -3.84. The number of hydrogen-bond donors (Lipinski definition) is 2. The van der Waals surface area contributed by atoms with Gasteiger partial charge in [-0.1, -0.05) is 48.5 Å². The summed E-state index contributed by atoms with van der Waals surface area (Å²) < 4.78 is 33.2. The number of anilines is 2. The van der Waals surface area contributed by atoms with Gasteiger partial charge < -0.3 is 10.1 Å². The van der Waals surface area contributed by atoms with Crippen molar-refractivity contribution in [2.45, 2.75) is 11.3 Å². The van der Waals surface area contributed by atoms with E-state index < -0.39 is 10.0 Å². The molecule has 0 heterocycles. The summed E-state index contributed by atoms with van der Waals surface area (Å²) in [5, 5.41) is 4.88. The van der Waals surface area contributed by atoms with E-state index in [-0.39, 0.29) is 17.2 Å². The van der Waals surface area contributed by atoms with Gasteiger partial charge in [0.1, 0.15) is 5.75 Å². The Morgan fingerprint density at radius 2 is 1.56 bits per heavy atom. The average Bonchev–Trinajstić information content (AvgIpc) is 2.80. The molecule has 0 aliphatic carbocycles. The fourth-order valence-electron chi connectivity index (χ4n) is 3.44. The fourth-order valence-corrected chi connectivity index (χ4v) is 4.54. The van der Waals surface area contributed by atoms with Crippen LogP contribution in [0.5, 0.6) is 5.75 Å². The minimum absolute atomic E-state index is 0.0521. The number of benzene rings is 4. The zero-order valence-corrected chi connectivity index (χ0v) is 18.2. The van der Waals surface area contributed by atoms with E-state index in [1.807, 2.05) is 42.5 Å². The van der Waals surface area contributed by atoms with Gasteiger partial charge >= 0.3 is 0 Å². The van der Waals surface area contributed by atoms with Gasteiger partial charge in [-0.15, -0.1) is 0 Å². The number of carbonyl (C=O) groups is 1. The fraction of sp³-hybridized carbons (Fsp3) is 0.0800. The van der Waals surface area contributed by atoms with Gasteiger partial charge in [0.25, 0.3) is 10.0 Å². The van der Waals surface area contributed by atoms with E-state index in [1.165, 1.54) is 12.1 Å². The van der Waals surface area contributed by atoms with Crippen molar-refractivity contribution in [3.63, 3.8) is 0 Å². The first kappa shape index (κ1) is 21.4. The molecule has 0 fully saturated rings. The van der Waals surface area contributed by atoms with Gasteiger partial charge in [-0.2, -0.15) is 0 Å². The summed E-state index contributed by atoms with van der Waals surface area (Å²) in [6, 6.07) is 26.5. The number of rotatable bonds is 7. The maximum atomic E-state index is 12.8. The molecule has 4 rings (SSSR count). The molecule has 7 heteroatoms. The van der Waals surface area contributed by atoms with Crippen LogP contribution in [0.1, 0.15) is 5.56 Å². The lowest BCUT2D eigenvalue weighted by Gasteiger charge is -2.11.